The van der Waals surface area contributed by atoms with Crippen LogP contribution < -0.4 is 15.6 Å². The molecule has 0 aromatic carbocycles. The number of nitrogens with zero attached hydrogens (tertiary/aromatic N) is 2. The second-order valence-corrected chi connectivity index (χ2v) is 5.55. The molecule has 1 aliphatic rings. The van der Waals surface area contributed by atoms with Crippen LogP contribution in [0.15, 0.2) is 35.3 Å². The molecule has 1 amide bonds. The maximum Gasteiger partial charge on any atom is 0.261 e. The van der Waals surface area contributed by atoms with Crippen LogP contribution in [0.1, 0.15) is 32.1 Å². The number of pyridine rings is 1. The van der Waals surface area contributed by atoms with Crippen molar-refractivity contribution in [3.63, 3.8) is 0 Å². The van der Waals surface area contributed by atoms with Crippen molar-refractivity contribution in [1.82, 2.24) is 14.7 Å². The molecule has 22 heavy (non-hydrogen) atoms. The number of ether oxygens (including phenoxy) is 1. The number of fused-ring (bicyclic) bond motifs is 1. The largest absolute Gasteiger partial charge is 0.467 e. The molecule has 1 aliphatic carbocycles. The van der Waals surface area contributed by atoms with E-state index in [1.54, 1.807) is 24.4 Å². The Morgan fingerprint density at radius 2 is 2.14 bits per heavy atom. The van der Waals surface area contributed by atoms with Crippen molar-refractivity contribution in [3.8, 4) is 5.88 Å². The van der Waals surface area contributed by atoms with Gasteiger partial charge < -0.3 is 10.1 Å². The summed E-state index contributed by atoms with van der Waals surface area (Å²) in [6.45, 7) is -0.119. The van der Waals surface area contributed by atoms with E-state index in [1.807, 2.05) is 0 Å². The zero-order chi connectivity index (χ0) is 15.4. The molecule has 0 saturated heterocycles. The van der Waals surface area contributed by atoms with E-state index in [4.69, 9.17) is 4.74 Å². The van der Waals surface area contributed by atoms with Crippen molar-refractivity contribution >= 4 is 11.6 Å². The van der Waals surface area contributed by atoms with Crippen LogP contribution in [0.25, 0.3) is 5.65 Å². The topological polar surface area (TPSA) is 72.7 Å². The Kier molecular flexibility index (Phi) is 4.37. The van der Waals surface area contributed by atoms with E-state index < -0.39 is 0 Å². The summed E-state index contributed by atoms with van der Waals surface area (Å²) in [7, 11) is 0. The number of hydrogen-bond donors (Lipinski definition) is 1. The van der Waals surface area contributed by atoms with E-state index in [1.165, 1.54) is 16.9 Å². The highest BCUT2D eigenvalue weighted by Crippen LogP contribution is 2.17. The van der Waals surface area contributed by atoms with Gasteiger partial charge in [-0.05, 0) is 25.0 Å². The van der Waals surface area contributed by atoms with Crippen molar-refractivity contribution < 1.29 is 9.53 Å². The first-order valence-electron chi connectivity index (χ1n) is 7.63. The molecule has 0 spiro atoms. The van der Waals surface area contributed by atoms with Crippen LogP contribution in [0.5, 0.6) is 5.88 Å². The van der Waals surface area contributed by atoms with E-state index in [0.717, 1.165) is 25.7 Å². The first-order valence-corrected chi connectivity index (χ1v) is 7.63. The van der Waals surface area contributed by atoms with Crippen LogP contribution in [-0.4, -0.2) is 27.9 Å². The number of carbonyl (C=O) groups is 1. The molecule has 1 N–H and O–H groups in total. The summed E-state index contributed by atoms with van der Waals surface area (Å²) in [5.41, 5.74) is 0.269. The molecule has 2 heterocycles. The maximum atomic E-state index is 11.9. The molecule has 1 fully saturated rings. The molecule has 0 aliphatic heterocycles. The summed E-state index contributed by atoms with van der Waals surface area (Å²) in [5, 5.41) is 2.97. The fraction of sp³-hybridized carbons (Fsp3) is 0.438. The lowest BCUT2D eigenvalue weighted by molar-refractivity contribution is -0.124. The van der Waals surface area contributed by atoms with Crippen LogP contribution in [0.2, 0.25) is 0 Å². The SMILES string of the molecule is O=C(COc1cc(=O)n2ccccc2n1)NC1CCCCC1. The predicted molar refractivity (Wildman–Crippen MR) is 82.0 cm³/mol. The molecule has 6 nitrogen and oxygen atoms in total. The third-order valence-corrected chi connectivity index (χ3v) is 3.87. The maximum absolute atomic E-state index is 11.9. The van der Waals surface area contributed by atoms with Gasteiger partial charge in [-0.3, -0.25) is 14.0 Å². The van der Waals surface area contributed by atoms with Gasteiger partial charge >= 0.3 is 0 Å². The fourth-order valence-corrected chi connectivity index (χ4v) is 2.76. The molecule has 1 saturated carbocycles. The molecule has 3 rings (SSSR count). The fourth-order valence-electron chi connectivity index (χ4n) is 2.76. The molecule has 2 aromatic heterocycles. The first kappa shape index (κ1) is 14.6. The Labute approximate surface area is 128 Å². The second-order valence-electron chi connectivity index (χ2n) is 5.55. The Morgan fingerprint density at radius 1 is 1.32 bits per heavy atom. The van der Waals surface area contributed by atoms with Crippen molar-refractivity contribution in [2.24, 2.45) is 0 Å². The van der Waals surface area contributed by atoms with Gasteiger partial charge in [0.1, 0.15) is 5.65 Å². The van der Waals surface area contributed by atoms with Crippen LogP contribution in [0.4, 0.5) is 0 Å². The molecular formula is C16H19N3O3. The third kappa shape index (κ3) is 3.44. The summed E-state index contributed by atoms with van der Waals surface area (Å²) in [6.07, 6.45) is 7.27. The lowest BCUT2D eigenvalue weighted by atomic mass is 9.95. The van der Waals surface area contributed by atoms with Crippen LogP contribution in [-0.2, 0) is 4.79 Å². The van der Waals surface area contributed by atoms with Crippen LogP contribution in [0.3, 0.4) is 0 Å². The molecule has 2 aromatic rings. The van der Waals surface area contributed by atoms with Gasteiger partial charge in [0, 0.05) is 12.2 Å². The highest BCUT2D eigenvalue weighted by atomic mass is 16.5. The number of carbonyl (C=O) groups excluding carboxylic acids is 1. The number of nitrogens with one attached hydrogen (secondary N) is 1. The third-order valence-electron chi connectivity index (χ3n) is 3.87. The Bertz CT molecular complexity index is 720. The van der Waals surface area contributed by atoms with Crippen molar-refractivity contribution in [2.75, 3.05) is 6.61 Å². The van der Waals surface area contributed by atoms with Crippen molar-refractivity contribution in [3.05, 3.63) is 40.8 Å². The Balaban J connectivity index is 1.61. The first-order chi connectivity index (χ1) is 10.7. The molecular weight excluding hydrogens is 282 g/mol. The monoisotopic (exact) mass is 301 g/mol. The van der Waals surface area contributed by atoms with Gasteiger partial charge in [-0.15, -0.1) is 0 Å². The van der Waals surface area contributed by atoms with Crippen molar-refractivity contribution in [2.45, 2.75) is 38.1 Å². The minimum absolute atomic E-state index is 0.119. The summed E-state index contributed by atoms with van der Waals surface area (Å²) >= 11 is 0. The van der Waals surface area contributed by atoms with E-state index in [-0.39, 0.29) is 30.0 Å². The summed E-state index contributed by atoms with van der Waals surface area (Å²) in [6, 6.07) is 6.81. The molecule has 0 atom stereocenters. The normalized spacial score (nSPS) is 15.6. The van der Waals surface area contributed by atoms with Gasteiger partial charge in [-0.25, -0.2) is 0 Å². The van der Waals surface area contributed by atoms with E-state index >= 15 is 0 Å². The molecule has 0 unspecified atom stereocenters. The number of amides is 1. The number of rotatable bonds is 4. The standard InChI is InChI=1S/C16H19N3O3/c20-14(17-12-6-2-1-3-7-12)11-22-15-10-16(21)19-9-5-4-8-13(19)18-15/h4-5,8-10,12H,1-3,6-7,11H2,(H,17,20). The van der Waals surface area contributed by atoms with E-state index in [2.05, 4.69) is 10.3 Å². The summed E-state index contributed by atoms with van der Waals surface area (Å²) in [5.74, 6) is 0.0111. The number of hydrogen-bond acceptors (Lipinski definition) is 4. The smallest absolute Gasteiger partial charge is 0.261 e. The molecule has 6 heteroatoms. The van der Waals surface area contributed by atoms with Gasteiger partial charge in [-0.2, -0.15) is 4.98 Å². The molecule has 0 bridgehead atoms. The summed E-state index contributed by atoms with van der Waals surface area (Å²) in [4.78, 5) is 28.0. The van der Waals surface area contributed by atoms with Gasteiger partial charge in [0.2, 0.25) is 5.88 Å². The highest BCUT2D eigenvalue weighted by molar-refractivity contribution is 5.77. The predicted octanol–water partition coefficient (Wildman–Crippen LogP) is 1.52. The Morgan fingerprint density at radius 3 is 2.95 bits per heavy atom. The average molecular weight is 301 g/mol. The van der Waals surface area contributed by atoms with Crippen molar-refractivity contribution in [1.29, 1.82) is 0 Å². The molecule has 0 radical (unpaired) electrons. The number of aromatic nitrogens is 2. The van der Waals surface area contributed by atoms with Gasteiger partial charge in [-0.1, -0.05) is 25.3 Å². The van der Waals surface area contributed by atoms with Crippen LogP contribution in [0, 0.1) is 0 Å². The lowest BCUT2D eigenvalue weighted by Crippen LogP contribution is -2.39. The minimum Gasteiger partial charge on any atom is -0.467 e. The van der Waals surface area contributed by atoms with Crippen LogP contribution >= 0.6 is 0 Å². The lowest BCUT2D eigenvalue weighted by Gasteiger charge is -2.22. The van der Waals surface area contributed by atoms with Gasteiger partial charge in [0.15, 0.2) is 6.61 Å². The van der Waals surface area contributed by atoms with Gasteiger partial charge in [0.05, 0.1) is 6.07 Å². The van der Waals surface area contributed by atoms with Gasteiger partial charge in [0.25, 0.3) is 11.5 Å². The zero-order valence-electron chi connectivity index (χ0n) is 12.3. The second kappa shape index (κ2) is 6.60. The highest BCUT2D eigenvalue weighted by Gasteiger charge is 2.16. The summed E-state index contributed by atoms with van der Waals surface area (Å²) < 4.78 is 6.79. The molecule has 116 valence electrons. The van der Waals surface area contributed by atoms with E-state index in [9.17, 15) is 9.59 Å². The Hall–Kier alpha value is -2.37. The zero-order valence-corrected chi connectivity index (χ0v) is 12.3. The van der Waals surface area contributed by atoms with E-state index in [0.29, 0.717) is 5.65 Å². The quantitative estimate of drug-likeness (QED) is 0.929. The minimum atomic E-state index is -0.228. The average Bonchev–Trinajstić information content (AvgIpc) is 2.54.